The molecule has 2 rings (SSSR count). The Morgan fingerprint density at radius 2 is 1.95 bits per heavy atom. The summed E-state index contributed by atoms with van der Waals surface area (Å²) in [5.41, 5.74) is 0.944. The van der Waals surface area contributed by atoms with Crippen LogP contribution in [0.1, 0.15) is 30.8 Å². The first kappa shape index (κ1) is 15.8. The average Bonchev–Trinajstić information content (AvgIpc) is 2.56. The largest absolute Gasteiger partial charge is 0.497 e. The lowest BCUT2D eigenvalue weighted by Gasteiger charge is -2.11. The fourth-order valence-corrected chi connectivity index (χ4v) is 1.74. The van der Waals surface area contributed by atoms with Crippen molar-refractivity contribution in [3.8, 4) is 5.75 Å². The summed E-state index contributed by atoms with van der Waals surface area (Å²) in [6.45, 7) is 4.15. The molecular weight excluding hydrogens is 280 g/mol. The highest BCUT2D eigenvalue weighted by atomic mass is 16.5. The van der Waals surface area contributed by atoms with Gasteiger partial charge in [0.15, 0.2) is 0 Å². The summed E-state index contributed by atoms with van der Waals surface area (Å²) < 4.78 is 5.07. The zero-order chi connectivity index (χ0) is 15.9. The van der Waals surface area contributed by atoms with Crippen LogP contribution < -0.4 is 15.4 Å². The lowest BCUT2D eigenvalue weighted by molar-refractivity contribution is 0.102. The van der Waals surface area contributed by atoms with E-state index in [0.29, 0.717) is 17.5 Å². The normalized spacial score (nSPS) is 11.6. The smallest absolute Gasteiger partial charge is 0.275 e. The maximum absolute atomic E-state index is 12.1. The first-order valence-electron chi connectivity index (χ1n) is 7.16. The fourth-order valence-electron chi connectivity index (χ4n) is 1.74. The van der Waals surface area contributed by atoms with E-state index in [1.54, 1.807) is 37.6 Å². The van der Waals surface area contributed by atoms with Gasteiger partial charge in [-0.25, -0.2) is 9.97 Å². The molecule has 0 saturated heterocycles. The van der Waals surface area contributed by atoms with Gasteiger partial charge in [-0.05, 0) is 37.6 Å². The molecule has 0 bridgehead atoms. The summed E-state index contributed by atoms with van der Waals surface area (Å²) in [7, 11) is 1.60. The van der Waals surface area contributed by atoms with Crippen LogP contribution in [-0.4, -0.2) is 29.0 Å². The fraction of sp³-hybridized carbons (Fsp3) is 0.312. The Morgan fingerprint density at radius 3 is 2.50 bits per heavy atom. The summed E-state index contributed by atoms with van der Waals surface area (Å²) in [4.78, 5) is 20.4. The first-order valence-corrected chi connectivity index (χ1v) is 7.16. The number of carbonyl (C=O) groups excluding carboxylic acids is 1. The minimum Gasteiger partial charge on any atom is -0.497 e. The number of hydrogen-bond donors (Lipinski definition) is 2. The third kappa shape index (κ3) is 4.18. The van der Waals surface area contributed by atoms with Gasteiger partial charge in [-0.2, -0.15) is 0 Å². The van der Waals surface area contributed by atoms with Gasteiger partial charge in [0, 0.05) is 11.7 Å². The predicted molar refractivity (Wildman–Crippen MR) is 86.4 cm³/mol. The maximum Gasteiger partial charge on any atom is 0.275 e. The highest BCUT2D eigenvalue weighted by Crippen LogP contribution is 2.15. The average molecular weight is 300 g/mol. The molecule has 0 spiro atoms. The second-order valence-corrected chi connectivity index (χ2v) is 4.92. The van der Waals surface area contributed by atoms with E-state index in [1.165, 1.54) is 6.20 Å². The molecule has 1 aromatic heterocycles. The zero-order valence-electron chi connectivity index (χ0n) is 13.0. The number of nitrogens with one attached hydrogen (secondary N) is 2. The molecule has 1 atom stereocenters. The number of rotatable bonds is 6. The molecule has 0 saturated carbocycles. The minimum absolute atomic E-state index is 0.269. The number of hydrogen-bond acceptors (Lipinski definition) is 5. The van der Waals surface area contributed by atoms with Crippen LogP contribution in [0.25, 0.3) is 0 Å². The van der Waals surface area contributed by atoms with E-state index >= 15 is 0 Å². The highest BCUT2D eigenvalue weighted by Gasteiger charge is 2.09. The van der Waals surface area contributed by atoms with E-state index < -0.39 is 0 Å². The van der Waals surface area contributed by atoms with Crippen LogP contribution in [0, 0.1) is 0 Å². The van der Waals surface area contributed by atoms with Crippen LogP contribution in [0.2, 0.25) is 0 Å². The number of aromatic nitrogens is 2. The van der Waals surface area contributed by atoms with Gasteiger partial charge in [-0.3, -0.25) is 4.79 Å². The van der Waals surface area contributed by atoms with Gasteiger partial charge >= 0.3 is 0 Å². The van der Waals surface area contributed by atoms with E-state index in [-0.39, 0.29) is 11.6 Å². The second kappa shape index (κ2) is 7.40. The van der Waals surface area contributed by atoms with Crippen LogP contribution in [0.15, 0.2) is 36.7 Å². The van der Waals surface area contributed by atoms with Gasteiger partial charge < -0.3 is 15.4 Å². The molecule has 1 amide bonds. The van der Waals surface area contributed by atoms with Crippen molar-refractivity contribution >= 4 is 17.4 Å². The third-order valence-corrected chi connectivity index (χ3v) is 3.24. The van der Waals surface area contributed by atoms with Crippen LogP contribution in [0.3, 0.4) is 0 Å². The molecule has 0 fully saturated rings. The van der Waals surface area contributed by atoms with Crippen molar-refractivity contribution in [2.45, 2.75) is 26.3 Å². The van der Waals surface area contributed by atoms with E-state index in [9.17, 15) is 4.79 Å². The Bertz CT molecular complexity index is 611. The van der Waals surface area contributed by atoms with Crippen LogP contribution in [-0.2, 0) is 0 Å². The van der Waals surface area contributed by atoms with Crippen molar-refractivity contribution in [3.05, 3.63) is 42.4 Å². The van der Waals surface area contributed by atoms with Crippen molar-refractivity contribution in [1.29, 1.82) is 0 Å². The van der Waals surface area contributed by atoms with Crippen molar-refractivity contribution in [2.75, 3.05) is 17.7 Å². The Kier molecular flexibility index (Phi) is 5.30. The number of methoxy groups -OCH3 is 1. The van der Waals surface area contributed by atoms with E-state index in [2.05, 4.69) is 34.4 Å². The quantitative estimate of drug-likeness (QED) is 0.857. The van der Waals surface area contributed by atoms with E-state index in [1.807, 2.05) is 0 Å². The minimum atomic E-state index is -0.298. The van der Waals surface area contributed by atoms with Crippen LogP contribution in [0.4, 0.5) is 11.5 Å². The number of carbonyl (C=O) groups is 1. The standard InChI is InChI=1S/C16H20N4O2/c1-4-11(2)19-15-10-17-14(9-18-15)16(21)20-12-5-7-13(22-3)8-6-12/h5-11H,4H2,1-3H3,(H,18,19)(H,20,21). The molecule has 2 aromatic rings. The summed E-state index contributed by atoms with van der Waals surface area (Å²) in [5.74, 6) is 1.10. The summed E-state index contributed by atoms with van der Waals surface area (Å²) in [6.07, 6.45) is 4.01. The highest BCUT2D eigenvalue weighted by molar-refractivity contribution is 6.02. The maximum atomic E-state index is 12.1. The summed E-state index contributed by atoms with van der Waals surface area (Å²) >= 11 is 0. The summed E-state index contributed by atoms with van der Waals surface area (Å²) in [5, 5.41) is 5.96. The van der Waals surface area contributed by atoms with Crippen LogP contribution in [0.5, 0.6) is 5.75 Å². The molecule has 0 aliphatic heterocycles. The first-order chi connectivity index (χ1) is 10.6. The Balaban J connectivity index is 1.99. The van der Waals surface area contributed by atoms with Gasteiger partial charge in [0.1, 0.15) is 17.3 Å². The molecule has 22 heavy (non-hydrogen) atoms. The molecule has 6 heteroatoms. The van der Waals surface area contributed by atoms with Crippen LogP contribution >= 0.6 is 0 Å². The van der Waals surface area contributed by atoms with Gasteiger partial charge in [-0.15, -0.1) is 0 Å². The topological polar surface area (TPSA) is 76.1 Å². The zero-order valence-corrected chi connectivity index (χ0v) is 13.0. The summed E-state index contributed by atoms with van der Waals surface area (Å²) in [6, 6.07) is 7.40. The lowest BCUT2D eigenvalue weighted by atomic mass is 10.2. The monoisotopic (exact) mass is 300 g/mol. The number of benzene rings is 1. The Hall–Kier alpha value is -2.63. The van der Waals surface area contributed by atoms with Gasteiger partial charge in [-0.1, -0.05) is 6.92 Å². The van der Waals surface area contributed by atoms with E-state index in [4.69, 9.17) is 4.74 Å². The molecule has 1 aromatic carbocycles. The predicted octanol–water partition coefficient (Wildman–Crippen LogP) is 2.95. The Labute approximate surface area is 129 Å². The van der Waals surface area contributed by atoms with Crippen molar-refractivity contribution in [2.24, 2.45) is 0 Å². The second-order valence-electron chi connectivity index (χ2n) is 4.92. The molecule has 0 aliphatic carbocycles. The van der Waals surface area contributed by atoms with E-state index in [0.717, 1.165) is 12.2 Å². The van der Waals surface area contributed by atoms with Gasteiger partial charge in [0.05, 0.1) is 19.5 Å². The molecule has 6 nitrogen and oxygen atoms in total. The SMILES string of the molecule is CCC(C)Nc1cnc(C(=O)Nc2ccc(OC)cc2)cn1. The molecular formula is C16H20N4O2. The lowest BCUT2D eigenvalue weighted by Crippen LogP contribution is -2.17. The number of amides is 1. The number of anilines is 2. The number of ether oxygens (including phenoxy) is 1. The molecule has 2 N–H and O–H groups in total. The molecule has 0 radical (unpaired) electrons. The number of nitrogens with zero attached hydrogens (tertiary/aromatic N) is 2. The molecule has 1 unspecified atom stereocenters. The molecule has 116 valence electrons. The third-order valence-electron chi connectivity index (χ3n) is 3.24. The molecule has 0 aliphatic rings. The molecule has 1 heterocycles. The van der Waals surface area contributed by atoms with Crippen molar-refractivity contribution in [1.82, 2.24) is 9.97 Å². The Morgan fingerprint density at radius 1 is 1.23 bits per heavy atom. The van der Waals surface area contributed by atoms with Crippen molar-refractivity contribution in [3.63, 3.8) is 0 Å². The van der Waals surface area contributed by atoms with Crippen molar-refractivity contribution < 1.29 is 9.53 Å². The van der Waals surface area contributed by atoms with Gasteiger partial charge in [0.2, 0.25) is 0 Å². The van der Waals surface area contributed by atoms with Gasteiger partial charge in [0.25, 0.3) is 5.91 Å².